The molecule has 0 amide bonds. The molecule has 0 aliphatic carbocycles. The lowest BCUT2D eigenvalue weighted by molar-refractivity contribution is -0.160. The van der Waals surface area contributed by atoms with Crippen LogP contribution in [-0.4, -0.2) is 28.3 Å². The Morgan fingerprint density at radius 1 is 1.30 bits per heavy atom. The minimum atomic E-state index is -1.11. The van der Waals surface area contributed by atoms with Crippen LogP contribution in [-0.2, 0) is 16.0 Å². The number of thiophene rings is 1. The zero-order chi connectivity index (χ0) is 21.6. The van der Waals surface area contributed by atoms with E-state index < -0.39 is 17.7 Å². The number of carboxylic acid groups (broad SMARTS) is 1. The van der Waals surface area contributed by atoms with Crippen molar-refractivity contribution in [2.75, 3.05) is 6.61 Å². The van der Waals surface area contributed by atoms with Crippen LogP contribution in [0.2, 0.25) is 0 Å². The van der Waals surface area contributed by atoms with E-state index in [1.165, 1.54) is 0 Å². The number of carboxylic acids is 1. The molecule has 1 N–H and O–H groups in total. The van der Waals surface area contributed by atoms with Crippen molar-refractivity contribution >= 4 is 27.5 Å². The number of pyridine rings is 1. The van der Waals surface area contributed by atoms with E-state index in [1.807, 2.05) is 46.8 Å². The number of aromatic nitrogens is 1. The van der Waals surface area contributed by atoms with Gasteiger partial charge in [-0.1, -0.05) is 6.07 Å². The summed E-state index contributed by atoms with van der Waals surface area (Å²) < 4.78 is 12.8. The van der Waals surface area contributed by atoms with Gasteiger partial charge in [-0.25, -0.2) is 4.79 Å². The molecule has 0 spiro atoms. The lowest BCUT2D eigenvalue weighted by Gasteiger charge is -2.28. The molecule has 6 heteroatoms. The SMILES string of the molecule is Cc1nc2c(C)csc2c(-c2ccc3c(c2)CCCO3)c1[C@H](OC(C)(C)C)C(=O)O. The molecule has 0 radical (unpaired) electrons. The van der Waals surface area contributed by atoms with Crippen LogP contribution in [0.15, 0.2) is 23.6 Å². The van der Waals surface area contributed by atoms with Crippen molar-refractivity contribution < 1.29 is 19.4 Å². The molecule has 3 heterocycles. The number of aliphatic carboxylic acids is 1. The number of fused-ring (bicyclic) bond motifs is 2. The van der Waals surface area contributed by atoms with Crippen molar-refractivity contribution in [1.82, 2.24) is 4.98 Å². The standard InChI is InChI=1S/C24H27NO4S/c1-13-12-30-22-19(16-8-9-17-15(11-16)7-6-10-28-17)18(14(2)25-20(13)22)21(23(26)27)29-24(3,4)5/h8-9,11-12,21H,6-7,10H2,1-5H3,(H,26,27)/t21-/m0/s1. The highest BCUT2D eigenvalue weighted by Gasteiger charge is 2.33. The number of nitrogens with zero attached hydrogens (tertiary/aromatic N) is 1. The van der Waals surface area contributed by atoms with Gasteiger partial charge < -0.3 is 14.6 Å². The fraction of sp³-hybridized carbons (Fsp3) is 0.417. The number of carbonyl (C=O) groups is 1. The summed E-state index contributed by atoms with van der Waals surface area (Å²) in [6, 6.07) is 6.15. The van der Waals surface area contributed by atoms with E-state index in [-0.39, 0.29) is 0 Å². The molecular formula is C24H27NO4S. The van der Waals surface area contributed by atoms with Crippen molar-refractivity contribution in [1.29, 1.82) is 0 Å². The molecule has 0 saturated heterocycles. The zero-order valence-corrected chi connectivity index (χ0v) is 18.9. The minimum absolute atomic E-state index is 0.614. The lowest BCUT2D eigenvalue weighted by atomic mass is 9.91. The van der Waals surface area contributed by atoms with E-state index in [9.17, 15) is 9.90 Å². The molecule has 3 aromatic rings. The van der Waals surface area contributed by atoms with Gasteiger partial charge in [-0.05, 0) is 81.7 Å². The maximum Gasteiger partial charge on any atom is 0.337 e. The van der Waals surface area contributed by atoms with Crippen LogP contribution in [0.25, 0.3) is 21.3 Å². The van der Waals surface area contributed by atoms with Gasteiger partial charge in [0.1, 0.15) is 5.75 Å². The Morgan fingerprint density at radius 3 is 2.77 bits per heavy atom. The topological polar surface area (TPSA) is 68.7 Å². The minimum Gasteiger partial charge on any atom is -0.493 e. The molecule has 1 atom stereocenters. The Labute approximate surface area is 180 Å². The second-order valence-corrected chi connectivity index (χ2v) is 9.69. The lowest BCUT2D eigenvalue weighted by Crippen LogP contribution is -2.28. The Balaban J connectivity index is 2.01. The van der Waals surface area contributed by atoms with Gasteiger partial charge in [0, 0.05) is 16.8 Å². The first-order valence-corrected chi connectivity index (χ1v) is 11.1. The molecule has 1 aromatic carbocycles. The molecule has 5 nitrogen and oxygen atoms in total. The highest BCUT2D eigenvalue weighted by Crippen LogP contribution is 2.43. The van der Waals surface area contributed by atoms with E-state index in [4.69, 9.17) is 14.5 Å². The smallest absolute Gasteiger partial charge is 0.337 e. The largest absolute Gasteiger partial charge is 0.493 e. The summed E-state index contributed by atoms with van der Waals surface area (Å²) in [6.45, 7) is 10.3. The van der Waals surface area contributed by atoms with Crippen LogP contribution in [0.5, 0.6) is 5.75 Å². The maximum atomic E-state index is 12.3. The van der Waals surface area contributed by atoms with Gasteiger partial charge in [0.25, 0.3) is 0 Å². The van der Waals surface area contributed by atoms with Crippen LogP contribution >= 0.6 is 11.3 Å². The predicted octanol–water partition coefficient (Wildman–Crippen LogP) is 5.85. The number of benzene rings is 1. The summed E-state index contributed by atoms with van der Waals surface area (Å²) in [6.07, 6.45) is 0.833. The van der Waals surface area contributed by atoms with E-state index in [1.54, 1.807) is 11.3 Å². The van der Waals surface area contributed by atoms with Gasteiger partial charge in [0.2, 0.25) is 0 Å². The third kappa shape index (κ3) is 3.82. The number of hydrogen-bond acceptors (Lipinski definition) is 5. The molecule has 30 heavy (non-hydrogen) atoms. The molecular weight excluding hydrogens is 398 g/mol. The zero-order valence-electron chi connectivity index (χ0n) is 18.0. The Kier molecular flexibility index (Phi) is 5.32. The summed E-state index contributed by atoms with van der Waals surface area (Å²) in [5, 5.41) is 12.2. The average molecular weight is 426 g/mol. The Bertz CT molecular complexity index is 1130. The van der Waals surface area contributed by atoms with E-state index in [2.05, 4.69) is 11.4 Å². The van der Waals surface area contributed by atoms with Crippen LogP contribution in [0.1, 0.15) is 55.7 Å². The molecule has 1 aliphatic heterocycles. The fourth-order valence-corrected chi connectivity index (χ4v) is 5.07. The van der Waals surface area contributed by atoms with Gasteiger partial charge in [-0.2, -0.15) is 0 Å². The number of rotatable bonds is 4. The third-order valence-electron chi connectivity index (χ3n) is 5.26. The molecule has 1 aliphatic rings. The van der Waals surface area contributed by atoms with Gasteiger partial charge in [0.15, 0.2) is 6.10 Å². The molecule has 4 rings (SSSR count). The summed E-state index contributed by atoms with van der Waals surface area (Å²) in [4.78, 5) is 17.1. The van der Waals surface area contributed by atoms with Crippen LogP contribution in [0, 0.1) is 13.8 Å². The number of ether oxygens (including phenoxy) is 2. The Morgan fingerprint density at radius 2 is 2.07 bits per heavy atom. The first-order valence-electron chi connectivity index (χ1n) is 10.2. The maximum absolute atomic E-state index is 12.3. The van der Waals surface area contributed by atoms with Crippen LogP contribution in [0.3, 0.4) is 0 Å². The summed E-state index contributed by atoms with van der Waals surface area (Å²) in [5.41, 5.74) is 5.76. The fourth-order valence-electron chi connectivity index (χ4n) is 4.00. The monoisotopic (exact) mass is 425 g/mol. The summed E-state index contributed by atoms with van der Waals surface area (Å²) in [7, 11) is 0. The number of aryl methyl sites for hydroxylation is 3. The summed E-state index contributed by atoms with van der Waals surface area (Å²) in [5.74, 6) is -0.0957. The van der Waals surface area contributed by atoms with E-state index in [0.29, 0.717) is 11.3 Å². The second-order valence-electron chi connectivity index (χ2n) is 8.81. The third-order valence-corrected chi connectivity index (χ3v) is 6.37. The second kappa shape index (κ2) is 7.67. The Hall–Kier alpha value is -2.44. The van der Waals surface area contributed by atoms with Crippen molar-refractivity contribution in [3.63, 3.8) is 0 Å². The highest BCUT2D eigenvalue weighted by atomic mass is 32.1. The molecule has 0 bridgehead atoms. The number of hydrogen-bond donors (Lipinski definition) is 1. The van der Waals surface area contributed by atoms with Gasteiger partial charge >= 0.3 is 5.97 Å². The van der Waals surface area contributed by atoms with Crippen molar-refractivity contribution in [3.05, 3.63) is 46.0 Å². The quantitative estimate of drug-likeness (QED) is 0.568. The van der Waals surface area contributed by atoms with E-state index >= 15 is 0 Å². The molecule has 158 valence electrons. The molecule has 0 unspecified atom stereocenters. The predicted molar refractivity (Wildman–Crippen MR) is 120 cm³/mol. The van der Waals surface area contributed by atoms with Crippen molar-refractivity contribution in [3.8, 4) is 16.9 Å². The van der Waals surface area contributed by atoms with Gasteiger partial charge in [0.05, 0.1) is 22.4 Å². The van der Waals surface area contributed by atoms with Crippen LogP contribution in [0.4, 0.5) is 0 Å². The molecule has 0 saturated carbocycles. The first kappa shape index (κ1) is 20.8. The molecule has 2 aromatic heterocycles. The summed E-state index contributed by atoms with van der Waals surface area (Å²) >= 11 is 1.60. The average Bonchev–Trinajstić information content (AvgIpc) is 3.04. The highest BCUT2D eigenvalue weighted by molar-refractivity contribution is 7.18. The van der Waals surface area contributed by atoms with Crippen molar-refractivity contribution in [2.45, 2.75) is 59.2 Å². The normalized spacial score (nSPS) is 15.0. The van der Waals surface area contributed by atoms with Gasteiger partial charge in [-0.3, -0.25) is 4.98 Å². The van der Waals surface area contributed by atoms with E-state index in [0.717, 1.165) is 57.7 Å². The molecule has 0 fully saturated rings. The first-order chi connectivity index (χ1) is 14.2. The van der Waals surface area contributed by atoms with Crippen molar-refractivity contribution in [2.24, 2.45) is 0 Å². The van der Waals surface area contributed by atoms with Crippen LogP contribution < -0.4 is 4.74 Å². The van der Waals surface area contributed by atoms with Gasteiger partial charge in [-0.15, -0.1) is 11.3 Å².